The molecule has 0 aromatic heterocycles. The molecule has 6 nitrogen and oxygen atoms in total. The van der Waals surface area contributed by atoms with E-state index in [9.17, 15) is 9.59 Å². The molecule has 2 aromatic carbocycles. The van der Waals surface area contributed by atoms with Crippen molar-refractivity contribution < 1.29 is 19.1 Å². The Bertz CT molecular complexity index is 802. The number of ether oxygens (including phenoxy) is 2. The fourth-order valence-electron chi connectivity index (χ4n) is 3.29. The van der Waals surface area contributed by atoms with Crippen LogP contribution in [0.25, 0.3) is 11.1 Å². The molecule has 0 bridgehead atoms. The van der Waals surface area contributed by atoms with Crippen LogP contribution < -0.4 is 20.1 Å². The number of carbonyl (C=O) groups excluding carboxylic acids is 2. The molecule has 0 atom stereocenters. The molecule has 3 rings (SSSR count). The average molecular weight is 368 g/mol. The number of nitrogens with one attached hydrogen (secondary N) is 2. The van der Waals surface area contributed by atoms with Gasteiger partial charge >= 0.3 is 6.03 Å². The van der Waals surface area contributed by atoms with Crippen LogP contribution >= 0.6 is 0 Å². The van der Waals surface area contributed by atoms with Gasteiger partial charge in [-0.25, -0.2) is 4.79 Å². The van der Waals surface area contributed by atoms with E-state index in [2.05, 4.69) is 10.6 Å². The minimum Gasteiger partial charge on any atom is -0.491 e. The number of amides is 3. The van der Waals surface area contributed by atoms with Crippen molar-refractivity contribution in [3.05, 3.63) is 47.5 Å². The average Bonchev–Trinajstić information content (AvgIpc) is 2.87. The fraction of sp³-hybridized carbons (Fsp3) is 0.333. The predicted octanol–water partition coefficient (Wildman–Crippen LogP) is 3.79. The quantitative estimate of drug-likeness (QED) is 0.761. The summed E-state index contributed by atoms with van der Waals surface area (Å²) in [5.74, 6) is 1.47. The van der Waals surface area contributed by atoms with Crippen LogP contribution in [0, 0.1) is 0 Å². The van der Waals surface area contributed by atoms with E-state index in [0.717, 1.165) is 33.8 Å². The summed E-state index contributed by atoms with van der Waals surface area (Å²) in [5, 5.41) is 5.00. The summed E-state index contributed by atoms with van der Waals surface area (Å²) < 4.78 is 11.6. The number of fused-ring (bicyclic) bond motifs is 3. The number of hydrogen-bond donors (Lipinski definition) is 2. The van der Waals surface area contributed by atoms with Crippen LogP contribution in [0.3, 0.4) is 0 Å². The number of urea groups is 1. The Kier molecular flexibility index (Phi) is 5.35. The summed E-state index contributed by atoms with van der Waals surface area (Å²) in [5.41, 5.74) is 3.89. The zero-order chi connectivity index (χ0) is 19.6. The molecule has 6 heteroatoms. The van der Waals surface area contributed by atoms with Crippen LogP contribution in [0.1, 0.15) is 44.9 Å². The van der Waals surface area contributed by atoms with Gasteiger partial charge in [-0.1, -0.05) is 12.1 Å². The molecule has 0 fully saturated rings. The smallest absolute Gasteiger partial charge is 0.321 e. The molecular weight excluding hydrogens is 344 g/mol. The summed E-state index contributed by atoms with van der Waals surface area (Å²) in [4.78, 5) is 22.6. The van der Waals surface area contributed by atoms with E-state index in [-0.39, 0.29) is 12.2 Å². The van der Waals surface area contributed by atoms with E-state index >= 15 is 0 Å². The van der Waals surface area contributed by atoms with Gasteiger partial charge in [-0.15, -0.1) is 0 Å². The van der Waals surface area contributed by atoms with Gasteiger partial charge in [0.2, 0.25) is 6.41 Å². The predicted molar refractivity (Wildman–Crippen MR) is 103 cm³/mol. The third kappa shape index (κ3) is 4.05. The number of imide groups is 1. The highest BCUT2D eigenvalue weighted by molar-refractivity contribution is 5.87. The van der Waals surface area contributed by atoms with Gasteiger partial charge in [0.25, 0.3) is 0 Å². The Morgan fingerprint density at radius 1 is 0.926 bits per heavy atom. The van der Waals surface area contributed by atoms with Crippen LogP contribution in [0.4, 0.5) is 4.79 Å². The van der Waals surface area contributed by atoms with Crippen molar-refractivity contribution in [3.63, 3.8) is 0 Å². The molecular formula is C21H24N2O4. The molecule has 142 valence electrons. The summed E-state index contributed by atoms with van der Waals surface area (Å²) >= 11 is 0. The minimum absolute atomic E-state index is 0.0441. The summed E-state index contributed by atoms with van der Waals surface area (Å²) in [6.45, 7) is 7.85. The standard InChI is InChI=1S/C21H24N2O4/c1-12(2)26-14-5-7-16-17-8-6-15(27-13(3)4)10-19(17)20(18(16)9-14)23-21(25)22-11-24/h5-13,20H,1-4H3,(H2,22,23,24,25). The number of carbonyl (C=O) groups is 2. The first-order valence-corrected chi connectivity index (χ1v) is 9.01. The van der Waals surface area contributed by atoms with E-state index in [4.69, 9.17) is 9.47 Å². The van der Waals surface area contributed by atoms with Gasteiger partial charge < -0.3 is 14.8 Å². The molecule has 2 aromatic rings. The van der Waals surface area contributed by atoms with Gasteiger partial charge in [-0.3, -0.25) is 10.1 Å². The number of hydrogen-bond acceptors (Lipinski definition) is 4. The topological polar surface area (TPSA) is 76.7 Å². The molecule has 2 N–H and O–H groups in total. The molecule has 0 unspecified atom stereocenters. The Balaban J connectivity index is 2.04. The Morgan fingerprint density at radius 2 is 1.41 bits per heavy atom. The number of rotatable bonds is 6. The van der Waals surface area contributed by atoms with Crippen molar-refractivity contribution in [3.8, 4) is 22.6 Å². The maximum atomic E-state index is 12.0. The summed E-state index contributed by atoms with van der Waals surface area (Å²) in [6.07, 6.45) is 0.452. The molecule has 0 heterocycles. The zero-order valence-corrected chi connectivity index (χ0v) is 15.9. The van der Waals surface area contributed by atoms with Gasteiger partial charge in [0.1, 0.15) is 11.5 Å². The van der Waals surface area contributed by atoms with Crippen molar-refractivity contribution in [1.29, 1.82) is 0 Å². The lowest BCUT2D eigenvalue weighted by Gasteiger charge is -2.18. The monoisotopic (exact) mass is 368 g/mol. The molecule has 3 amide bonds. The molecule has 0 saturated heterocycles. The molecule has 0 aliphatic heterocycles. The highest BCUT2D eigenvalue weighted by Gasteiger charge is 2.31. The minimum atomic E-state index is -0.556. The normalized spacial score (nSPS) is 12.5. The first-order valence-electron chi connectivity index (χ1n) is 9.01. The van der Waals surface area contributed by atoms with E-state index in [1.54, 1.807) is 0 Å². The van der Waals surface area contributed by atoms with E-state index in [1.807, 2.05) is 64.1 Å². The second-order valence-electron chi connectivity index (χ2n) is 7.00. The van der Waals surface area contributed by atoms with E-state index < -0.39 is 12.1 Å². The Morgan fingerprint density at radius 3 is 1.81 bits per heavy atom. The van der Waals surface area contributed by atoms with E-state index in [1.165, 1.54) is 0 Å². The molecule has 27 heavy (non-hydrogen) atoms. The molecule has 1 aliphatic rings. The van der Waals surface area contributed by atoms with Crippen LogP contribution in [-0.2, 0) is 4.79 Å². The highest BCUT2D eigenvalue weighted by atomic mass is 16.5. The first-order chi connectivity index (χ1) is 12.9. The van der Waals surface area contributed by atoms with Crippen molar-refractivity contribution in [1.82, 2.24) is 10.6 Å². The van der Waals surface area contributed by atoms with Crippen LogP contribution in [0.15, 0.2) is 36.4 Å². The maximum Gasteiger partial charge on any atom is 0.321 e. The lowest BCUT2D eigenvalue weighted by molar-refractivity contribution is -0.108. The third-order valence-corrected chi connectivity index (χ3v) is 4.17. The second kappa shape index (κ2) is 7.70. The largest absolute Gasteiger partial charge is 0.491 e. The number of benzene rings is 2. The maximum absolute atomic E-state index is 12.0. The lowest BCUT2D eigenvalue weighted by Crippen LogP contribution is -2.37. The first kappa shape index (κ1) is 18.8. The third-order valence-electron chi connectivity index (χ3n) is 4.17. The fourth-order valence-corrected chi connectivity index (χ4v) is 3.29. The highest BCUT2D eigenvalue weighted by Crippen LogP contribution is 2.46. The SMILES string of the molecule is CC(C)Oc1ccc2c(c1)C(NC(=O)NC=O)c1cc(OC(C)C)ccc1-2. The van der Waals surface area contributed by atoms with Crippen molar-refractivity contribution in [2.75, 3.05) is 0 Å². The zero-order valence-electron chi connectivity index (χ0n) is 15.9. The Labute approximate surface area is 158 Å². The van der Waals surface area contributed by atoms with Crippen LogP contribution in [0.5, 0.6) is 11.5 Å². The van der Waals surface area contributed by atoms with Gasteiger partial charge in [0.05, 0.1) is 18.2 Å². The van der Waals surface area contributed by atoms with E-state index in [0.29, 0.717) is 6.41 Å². The van der Waals surface area contributed by atoms with Gasteiger partial charge in [-0.2, -0.15) is 0 Å². The Hall–Kier alpha value is -3.02. The molecule has 0 spiro atoms. The van der Waals surface area contributed by atoms with Crippen molar-refractivity contribution in [2.45, 2.75) is 45.9 Å². The summed E-state index contributed by atoms with van der Waals surface area (Å²) in [6, 6.07) is 10.8. The van der Waals surface area contributed by atoms with Gasteiger partial charge in [0.15, 0.2) is 0 Å². The second-order valence-corrected chi connectivity index (χ2v) is 7.00. The van der Waals surface area contributed by atoms with Crippen molar-refractivity contribution >= 4 is 12.4 Å². The van der Waals surface area contributed by atoms with Gasteiger partial charge in [0, 0.05) is 0 Å². The lowest BCUT2D eigenvalue weighted by atomic mass is 10.1. The van der Waals surface area contributed by atoms with Crippen molar-refractivity contribution in [2.24, 2.45) is 0 Å². The molecule has 0 radical (unpaired) electrons. The molecule has 0 saturated carbocycles. The van der Waals surface area contributed by atoms with Crippen LogP contribution in [-0.4, -0.2) is 24.6 Å². The molecule has 1 aliphatic carbocycles. The van der Waals surface area contributed by atoms with Crippen LogP contribution in [0.2, 0.25) is 0 Å². The van der Waals surface area contributed by atoms with Gasteiger partial charge in [-0.05, 0) is 74.2 Å². The summed E-state index contributed by atoms with van der Waals surface area (Å²) in [7, 11) is 0.